The molecule has 11 heavy (non-hydrogen) atoms. The second-order valence-corrected chi connectivity index (χ2v) is 2.29. The number of nitriles is 1. The third-order valence-electron chi connectivity index (χ3n) is 1.37. The molecule has 1 aromatic rings. The smallest absolute Gasteiger partial charge is 0.147 e. The Morgan fingerprint density at radius 1 is 1.73 bits per heavy atom. The number of nitrogens with zero attached hydrogens (tertiary/aromatic N) is 2. The molecule has 0 aliphatic rings. The van der Waals surface area contributed by atoms with Crippen LogP contribution in [0.5, 0.6) is 0 Å². The molecule has 0 saturated carbocycles. The first kappa shape index (κ1) is 7.49. The second kappa shape index (κ2) is 2.98. The fourth-order valence-corrected chi connectivity index (χ4v) is 0.839. The van der Waals surface area contributed by atoms with Crippen molar-refractivity contribution in [3.8, 4) is 6.07 Å². The third kappa shape index (κ3) is 1.44. The predicted molar refractivity (Wildman–Crippen MR) is 43.7 cm³/mol. The molecule has 1 rings (SSSR count). The van der Waals surface area contributed by atoms with Crippen LogP contribution in [0.3, 0.4) is 0 Å². The lowest BCUT2D eigenvalue weighted by molar-refractivity contribution is 1.24. The van der Waals surface area contributed by atoms with E-state index < -0.39 is 0 Å². The van der Waals surface area contributed by atoms with Gasteiger partial charge in [0.05, 0.1) is 0 Å². The maximum Gasteiger partial charge on any atom is 0.147 e. The third-order valence-corrected chi connectivity index (χ3v) is 1.37. The van der Waals surface area contributed by atoms with Gasteiger partial charge in [-0.15, -0.1) is 0 Å². The van der Waals surface area contributed by atoms with Gasteiger partial charge in [0, 0.05) is 11.8 Å². The van der Waals surface area contributed by atoms with Crippen molar-refractivity contribution in [1.29, 1.82) is 5.26 Å². The van der Waals surface area contributed by atoms with E-state index in [2.05, 4.69) is 11.6 Å². The number of hydrogen-bond acceptors (Lipinski definition) is 2. The minimum absolute atomic E-state index is 0.444. The Hall–Kier alpha value is -1.62. The van der Waals surface area contributed by atoms with Gasteiger partial charge in [-0.25, -0.2) is 4.98 Å². The molecule has 0 fully saturated rings. The molecule has 0 aliphatic heterocycles. The van der Waals surface area contributed by atoms with Crippen LogP contribution in [0.15, 0.2) is 24.9 Å². The maximum absolute atomic E-state index is 8.61. The Bertz CT molecular complexity index is 321. The summed E-state index contributed by atoms with van der Waals surface area (Å²) in [5.41, 5.74) is 2.14. The highest BCUT2D eigenvalue weighted by atomic mass is 14.7. The topological polar surface area (TPSA) is 36.7 Å². The van der Waals surface area contributed by atoms with Crippen molar-refractivity contribution in [2.45, 2.75) is 6.92 Å². The molecule has 0 saturated heterocycles. The zero-order chi connectivity index (χ0) is 8.27. The summed E-state index contributed by atoms with van der Waals surface area (Å²) in [6.07, 6.45) is 1.60. The van der Waals surface area contributed by atoms with Gasteiger partial charge in [-0.1, -0.05) is 12.6 Å². The fraction of sp³-hybridized carbons (Fsp3) is 0.111. The quantitative estimate of drug-likeness (QED) is 0.604. The molecular formula is C9H8N2. The molecule has 0 atom stereocenters. The number of hydrogen-bond donors (Lipinski definition) is 0. The van der Waals surface area contributed by atoms with E-state index in [1.807, 2.05) is 19.1 Å². The van der Waals surface area contributed by atoms with E-state index >= 15 is 0 Å². The predicted octanol–water partition coefficient (Wildman–Crippen LogP) is 1.99. The van der Waals surface area contributed by atoms with Gasteiger partial charge >= 0.3 is 0 Å². The molecule has 0 bridgehead atoms. The Kier molecular flexibility index (Phi) is 2.03. The van der Waals surface area contributed by atoms with E-state index in [0.717, 1.165) is 11.1 Å². The highest BCUT2D eigenvalue weighted by Gasteiger charge is 2.00. The van der Waals surface area contributed by atoms with E-state index in [-0.39, 0.29) is 0 Å². The summed E-state index contributed by atoms with van der Waals surface area (Å²) >= 11 is 0. The molecule has 0 unspecified atom stereocenters. The summed E-state index contributed by atoms with van der Waals surface area (Å²) in [6, 6.07) is 5.64. The molecule has 0 amide bonds. The SMILES string of the molecule is C=C(C)c1cccnc1C#N. The average Bonchev–Trinajstić information content (AvgIpc) is 2.04. The van der Waals surface area contributed by atoms with Crippen molar-refractivity contribution in [1.82, 2.24) is 4.98 Å². The van der Waals surface area contributed by atoms with Gasteiger partial charge in [-0.3, -0.25) is 0 Å². The van der Waals surface area contributed by atoms with E-state index in [1.165, 1.54) is 0 Å². The minimum Gasteiger partial charge on any atom is -0.245 e. The Morgan fingerprint density at radius 3 is 2.91 bits per heavy atom. The normalized spacial score (nSPS) is 8.73. The van der Waals surface area contributed by atoms with Crippen molar-refractivity contribution in [2.75, 3.05) is 0 Å². The maximum atomic E-state index is 8.61. The van der Waals surface area contributed by atoms with Gasteiger partial charge in [0.15, 0.2) is 0 Å². The number of allylic oxidation sites excluding steroid dienone is 1. The highest BCUT2D eigenvalue weighted by molar-refractivity contribution is 5.65. The van der Waals surface area contributed by atoms with Crippen molar-refractivity contribution >= 4 is 5.57 Å². The zero-order valence-electron chi connectivity index (χ0n) is 6.33. The van der Waals surface area contributed by atoms with Gasteiger partial charge < -0.3 is 0 Å². The number of aromatic nitrogens is 1. The molecular weight excluding hydrogens is 136 g/mol. The molecule has 54 valence electrons. The molecule has 0 radical (unpaired) electrons. The summed E-state index contributed by atoms with van der Waals surface area (Å²) < 4.78 is 0. The van der Waals surface area contributed by atoms with Crippen molar-refractivity contribution in [3.63, 3.8) is 0 Å². The summed E-state index contributed by atoms with van der Waals surface area (Å²) in [6.45, 7) is 5.60. The van der Waals surface area contributed by atoms with Crippen molar-refractivity contribution in [3.05, 3.63) is 36.2 Å². The standard InChI is InChI=1S/C9H8N2/c1-7(2)8-4-3-5-11-9(8)6-10/h3-5H,1H2,2H3. The van der Waals surface area contributed by atoms with Crippen LogP contribution in [0.2, 0.25) is 0 Å². The van der Waals surface area contributed by atoms with Gasteiger partial charge in [-0.2, -0.15) is 5.26 Å². The molecule has 0 aromatic carbocycles. The number of rotatable bonds is 1. The van der Waals surface area contributed by atoms with Gasteiger partial charge in [0.2, 0.25) is 0 Å². The summed E-state index contributed by atoms with van der Waals surface area (Å²) in [5, 5.41) is 8.61. The van der Waals surface area contributed by atoms with Crippen molar-refractivity contribution in [2.24, 2.45) is 0 Å². The van der Waals surface area contributed by atoms with Crippen LogP contribution >= 0.6 is 0 Å². The Balaban J connectivity index is 3.26. The van der Waals surface area contributed by atoms with Crippen LogP contribution in [0.1, 0.15) is 18.2 Å². The molecule has 2 heteroatoms. The minimum atomic E-state index is 0.444. The van der Waals surface area contributed by atoms with E-state index in [0.29, 0.717) is 5.69 Å². The summed E-state index contributed by atoms with van der Waals surface area (Å²) in [5.74, 6) is 0. The largest absolute Gasteiger partial charge is 0.245 e. The lowest BCUT2D eigenvalue weighted by Crippen LogP contribution is -1.88. The van der Waals surface area contributed by atoms with Crippen LogP contribution in [0.25, 0.3) is 5.57 Å². The molecule has 1 heterocycles. The highest BCUT2D eigenvalue weighted by Crippen LogP contribution is 2.13. The van der Waals surface area contributed by atoms with Gasteiger partial charge in [-0.05, 0) is 18.6 Å². The average molecular weight is 144 g/mol. The van der Waals surface area contributed by atoms with E-state index in [4.69, 9.17) is 5.26 Å². The van der Waals surface area contributed by atoms with Crippen LogP contribution in [0, 0.1) is 11.3 Å². The molecule has 2 nitrogen and oxygen atoms in total. The van der Waals surface area contributed by atoms with Gasteiger partial charge in [0.1, 0.15) is 11.8 Å². The lowest BCUT2D eigenvalue weighted by atomic mass is 10.1. The Morgan fingerprint density at radius 2 is 2.45 bits per heavy atom. The summed E-state index contributed by atoms with van der Waals surface area (Å²) in [7, 11) is 0. The molecule has 1 aromatic heterocycles. The van der Waals surface area contributed by atoms with Crippen LogP contribution < -0.4 is 0 Å². The first-order valence-electron chi connectivity index (χ1n) is 3.26. The lowest BCUT2D eigenvalue weighted by Gasteiger charge is -1.98. The Labute approximate surface area is 65.8 Å². The van der Waals surface area contributed by atoms with E-state index in [1.54, 1.807) is 12.3 Å². The van der Waals surface area contributed by atoms with E-state index in [9.17, 15) is 0 Å². The second-order valence-electron chi connectivity index (χ2n) is 2.29. The van der Waals surface area contributed by atoms with Crippen LogP contribution in [-0.4, -0.2) is 4.98 Å². The first-order chi connectivity index (χ1) is 5.25. The molecule has 0 spiro atoms. The monoisotopic (exact) mass is 144 g/mol. The first-order valence-corrected chi connectivity index (χ1v) is 3.26. The fourth-order valence-electron chi connectivity index (χ4n) is 0.839. The van der Waals surface area contributed by atoms with Crippen molar-refractivity contribution < 1.29 is 0 Å². The molecule has 0 aliphatic carbocycles. The zero-order valence-corrected chi connectivity index (χ0v) is 6.33. The number of pyridine rings is 1. The van der Waals surface area contributed by atoms with Crippen LogP contribution in [-0.2, 0) is 0 Å². The van der Waals surface area contributed by atoms with Gasteiger partial charge in [0.25, 0.3) is 0 Å². The summed E-state index contributed by atoms with van der Waals surface area (Å²) in [4.78, 5) is 3.90. The van der Waals surface area contributed by atoms with Crippen LogP contribution in [0.4, 0.5) is 0 Å². The molecule has 0 N–H and O–H groups in total.